The Kier molecular flexibility index (Phi) is 3.62. The predicted octanol–water partition coefficient (Wildman–Crippen LogP) is 2.85. The van der Waals surface area contributed by atoms with Crippen molar-refractivity contribution in [3.63, 3.8) is 0 Å². The average Bonchev–Trinajstić information content (AvgIpc) is 2.94. The van der Waals surface area contributed by atoms with Crippen LogP contribution in [0.2, 0.25) is 0 Å². The van der Waals surface area contributed by atoms with Crippen molar-refractivity contribution in [1.29, 1.82) is 0 Å². The molecule has 0 radical (unpaired) electrons. The number of benzene rings is 1. The number of nitrogen functional groups attached to an aromatic ring is 1. The second-order valence-electron chi connectivity index (χ2n) is 4.73. The molecule has 2 aromatic rings. The van der Waals surface area contributed by atoms with Crippen molar-refractivity contribution in [2.24, 2.45) is 0 Å². The molecule has 0 bridgehead atoms. The lowest BCUT2D eigenvalue weighted by Gasteiger charge is -2.31. The molecule has 1 aromatic carbocycles. The number of rotatable bonds is 3. The van der Waals surface area contributed by atoms with Gasteiger partial charge in [0, 0.05) is 23.7 Å². The molecule has 3 N–H and O–H groups in total. The van der Waals surface area contributed by atoms with E-state index in [9.17, 15) is 4.79 Å². The fourth-order valence-corrected chi connectivity index (χ4v) is 2.93. The van der Waals surface area contributed by atoms with Gasteiger partial charge in [-0.3, -0.25) is 0 Å². The van der Waals surface area contributed by atoms with Crippen molar-refractivity contribution >= 4 is 28.1 Å². The van der Waals surface area contributed by atoms with Crippen LogP contribution >= 0.6 is 11.3 Å². The predicted molar refractivity (Wildman–Crippen MR) is 84.6 cm³/mol. The first-order chi connectivity index (χ1) is 10.2. The molecule has 0 aliphatic carbocycles. The van der Waals surface area contributed by atoms with Gasteiger partial charge in [0.05, 0.1) is 11.7 Å². The van der Waals surface area contributed by atoms with Gasteiger partial charge < -0.3 is 16.0 Å². The number of nitrogens with one attached hydrogen (secondary N) is 1. The highest BCUT2D eigenvalue weighted by Gasteiger charge is 2.29. The van der Waals surface area contributed by atoms with Crippen molar-refractivity contribution in [1.82, 2.24) is 15.2 Å². The second-order valence-corrected chi connectivity index (χ2v) is 5.62. The molecular formula is C15H16N4OS. The fraction of sp³-hybridized carbons (Fsp3) is 0.200. The lowest BCUT2D eigenvalue weighted by molar-refractivity contribution is 0.212. The highest BCUT2D eigenvalue weighted by Crippen LogP contribution is 2.34. The Morgan fingerprint density at radius 2 is 2.14 bits per heavy atom. The molecule has 3 rings (SSSR count). The van der Waals surface area contributed by atoms with Crippen LogP contribution in [0.4, 0.5) is 9.93 Å². The first-order valence-corrected chi connectivity index (χ1v) is 7.62. The minimum atomic E-state index is -0.206. The Bertz CT molecular complexity index is 680. The summed E-state index contributed by atoms with van der Waals surface area (Å²) in [6, 6.07) is 9.56. The molecule has 5 nitrogen and oxygen atoms in total. The molecule has 2 heterocycles. The number of carbonyl (C=O) groups is 1. The monoisotopic (exact) mass is 300 g/mol. The molecule has 1 aliphatic heterocycles. The summed E-state index contributed by atoms with van der Waals surface area (Å²) in [4.78, 5) is 18.1. The number of aromatic nitrogens is 1. The molecule has 1 atom stereocenters. The molecule has 0 unspecified atom stereocenters. The Morgan fingerprint density at radius 1 is 1.38 bits per heavy atom. The van der Waals surface area contributed by atoms with Crippen molar-refractivity contribution in [3.05, 3.63) is 53.2 Å². The number of hydrogen-bond donors (Lipinski definition) is 2. The number of anilines is 1. The molecule has 0 saturated heterocycles. The quantitative estimate of drug-likeness (QED) is 0.915. The number of nitrogens with two attached hydrogens (primary N) is 1. The maximum absolute atomic E-state index is 12.1. The number of thiazole rings is 1. The number of carbonyl (C=O) groups excluding carboxylic acids is 1. The zero-order valence-electron chi connectivity index (χ0n) is 11.6. The molecule has 0 fully saturated rings. The zero-order valence-corrected chi connectivity index (χ0v) is 12.4. The van der Waals surface area contributed by atoms with E-state index >= 15 is 0 Å². The summed E-state index contributed by atoms with van der Waals surface area (Å²) in [6.07, 6.45) is 1.87. The minimum Gasteiger partial charge on any atom is -0.375 e. The minimum absolute atomic E-state index is 0.0988. The van der Waals surface area contributed by atoms with Crippen molar-refractivity contribution in [3.8, 4) is 0 Å². The smallest absolute Gasteiger partial charge is 0.322 e. The van der Waals surface area contributed by atoms with Gasteiger partial charge in [0.15, 0.2) is 5.13 Å². The highest BCUT2D eigenvalue weighted by molar-refractivity contribution is 7.13. The Hall–Kier alpha value is -2.34. The number of amides is 2. The lowest BCUT2D eigenvalue weighted by atomic mass is 9.96. The zero-order chi connectivity index (χ0) is 14.8. The van der Waals surface area contributed by atoms with E-state index in [4.69, 9.17) is 5.73 Å². The molecule has 1 aliphatic rings. The van der Waals surface area contributed by atoms with Gasteiger partial charge in [0.2, 0.25) is 0 Å². The summed E-state index contributed by atoms with van der Waals surface area (Å²) in [5.41, 5.74) is 8.53. The standard InChI is InChI=1S/C15H16N4OS/c1-2-19-8-11(12-9-21-14(16)17-12)13(18-15(19)20)10-6-4-3-5-7-10/h3-9,13H,2H2,1H3,(H2,16,17)(H,18,20)/t13-/m1/s1. The molecule has 0 saturated carbocycles. The SMILES string of the molecule is CCN1C=C(c2csc(N)n2)[C@@H](c2ccccc2)NC1=O. The summed E-state index contributed by atoms with van der Waals surface area (Å²) in [7, 11) is 0. The van der Waals surface area contributed by atoms with Crippen LogP contribution in [0.3, 0.4) is 0 Å². The molecular weight excluding hydrogens is 284 g/mol. The Balaban J connectivity index is 2.06. The van der Waals surface area contributed by atoms with Crippen LogP contribution in [-0.2, 0) is 0 Å². The van der Waals surface area contributed by atoms with Gasteiger partial charge >= 0.3 is 6.03 Å². The lowest BCUT2D eigenvalue weighted by Crippen LogP contribution is -2.43. The molecule has 21 heavy (non-hydrogen) atoms. The van der Waals surface area contributed by atoms with E-state index in [1.165, 1.54) is 11.3 Å². The van der Waals surface area contributed by atoms with Crippen molar-refractivity contribution < 1.29 is 4.79 Å². The summed E-state index contributed by atoms with van der Waals surface area (Å²) in [5.74, 6) is 0. The third kappa shape index (κ3) is 2.62. The first kappa shape index (κ1) is 13.6. The molecule has 108 valence electrons. The first-order valence-electron chi connectivity index (χ1n) is 6.74. The molecule has 6 heteroatoms. The Labute approximate surface area is 127 Å². The van der Waals surface area contributed by atoms with Gasteiger partial charge in [-0.1, -0.05) is 30.3 Å². The molecule has 0 spiro atoms. The van der Waals surface area contributed by atoms with Crippen LogP contribution in [0.15, 0.2) is 41.9 Å². The van der Waals surface area contributed by atoms with E-state index in [1.807, 2.05) is 48.8 Å². The van der Waals surface area contributed by atoms with Crippen molar-refractivity contribution in [2.45, 2.75) is 13.0 Å². The summed E-state index contributed by atoms with van der Waals surface area (Å²) in [5, 5.41) is 5.48. The van der Waals surface area contributed by atoms with Crippen LogP contribution < -0.4 is 11.1 Å². The van der Waals surface area contributed by atoms with Gasteiger partial charge in [-0.15, -0.1) is 11.3 Å². The van der Waals surface area contributed by atoms with Crippen LogP contribution in [0, 0.1) is 0 Å². The van der Waals surface area contributed by atoms with E-state index < -0.39 is 0 Å². The van der Waals surface area contributed by atoms with Crippen LogP contribution in [-0.4, -0.2) is 22.5 Å². The van der Waals surface area contributed by atoms with E-state index in [1.54, 1.807) is 4.90 Å². The third-order valence-electron chi connectivity index (χ3n) is 3.43. The topological polar surface area (TPSA) is 71.2 Å². The molecule has 2 amide bonds. The molecule has 1 aromatic heterocycles. The third-order valence-corrected chi connectivity index (χ3v) is 4.10. The van der Waals surface area contributed by atoms with Gasteiger partial charge in [0.1, 0.15) is 0 Å². The van der Waals surface area contributed by atoms with Gasteiger partial charge in [0.25, 0.3) is 0 Å². The summed E-state index contributed by atoms with van der Waals surface area (Å²) < 4.78 is 0. The maximum Gasteiger partial charge on any atom is 0.322 e. The number of nitrogens with zero attached hydrogens (tertiary/aromatic N) is 2. The fourth-order valence-electron chi connectivity index (χ4n) is 2.36. The average molecular weight is 300 g/mol. The largest absolute Gasteiger partial charge is 0.375 e. The Morgan fingerprint density at radius 3 is 2.76 bits per heavy atom. The van der Waals surface area contributed by atoms with Gasteiger partial charge in [-0.25, -0.2) is 9.78 Å². The van der Waals surface area contributed by atoms with Crippen LogP contribution in [0.25, 0.3) is 5.57 Å². The van der Waals surface area contributed by atoms with Crippen LogP contribution in [0.1, 0.15) is 24.2 Å². The van der Waals surface area contributed by atoms with Crippen LogP contribution in [0.5, 0.6) is 0 Å². The van der Waals surface area contributed by atoms with E-state index in [-0.39, 0.29) is 12.1 Å². The van der Waals surface area contributed by atoms with Crippen molar-refractivity contribution in [2.75, 3.05) is 12.3 Å². The normalized spacial score (nSPS) is 18.3. The highest BCUT2D eigenvalue weighted by atomic mass is 32.1. The summed E-state index contributed by atoms with van der Waals surface area (Å²) in [6.45, 7) is 2.54. The van der Waals surface area contributed by atoms with E-state index in [0.717, 1.165) is 16.8 Å². The number of hydrogen-bond acceptors (Lipinski definition) is 4. The van der Waals surface area contributed by atoms with E-state index in [2.05, 4.69) is 10.3 Å². The number of urea groups is 1. The van der Waals surface area contributed by atoms with Gasteiger partial charge in [-0.05, 0) is 12.5 Å². The maximum atomic E-state index is 12.1. The summed E-state index contributed by atoms with van der Waals surface area (Å²) >= 11 is 1.40. The van der Waals surface area contributed by atoms with E-state index in [0.29, 0.717) is 11.7 Å². The second kappa shape index (κ2) is 5.57. The van der Waals surface area contributed by atoms with Gasteiger partial charge in [-0.2, -0.15) is 0 Å².